The molecule has 1 aromatic rings. The largest absolute Gasteiger partial charge is 0.493 e. The fourth-order valence-corrected chi connectivity index (χ4v) is 4.35. The maximum absolute atomic E-state index is 13.1. The molecule has 2 amide bonds. The molecule has 2 saturated heterocycles. The predicted molar refractivity (Wildman–Crippen MR) is 117 cm³/mol. The second-order valence-corrected chi connectivity index (χ2v) is 9.37. The molecular formula is C23H33ClN2O4. The van der Waals surface area contributed by atoms with E-state index in [1.165, 1.54) is 0 Å². The van der Waals surface area contributed by atoms with Gasteiger partial charge in [-0.2, -0.15) is 0 Å². The standard InChI is InChI=1S/C23H33ClN2O4/c1-18(2)14-21(27)26-9-3-8-23(16-26,15-22(28)25-10-12-29-13-11-25)17-30-20-6-4-19(24)5-7-20/h4-7,18H,3,8-17H2,1-2H3/t23-/m0/s1. The molecule has 6 nitrogen and oxygen atoms in total. The highest BCUT2D eigenvalue weighted by atomic mass is 35.5. The summed E-state index contributed by atoms with van der Waals surface area (Å²) in [4.78, 5) is 29.6. The van der Waals surface area contributed by atoms with Gasteiger partial charge in [0, 0.05) is 49.5 Å². The van der Waals surface area contributed by atoms with E-state index < -0.39 is 0 Å². The van der Waals surface area contributed by atoms with Crippen LogP contribution in [0.25, 0.3) is 0 Å². The molecule has 0 spiro atoms. The van der Waals surface area contributed by atoms with Crippen molar-refractivity contribution in [3.8, 4) is 5.75 Å². The van der Waals surface area contributed by atoms with Crippen LogP contribution < -0.4 is 4.74 Å². The first-order chi connectivity index (χ1) is 14.4. The molecule has 0 radical (unpaired) electrons. The Morgan fingerprint density at radius 1 is 1.10 bits per heavy atom. The zero-order valence-electron chi connectivity index (χ0n) is 18.1. The molecule has 2 aliphatic rings. The highest BCUT2D eigenvalue weighted by Crippen LogP contribution is 2.36. The number of nitrogens with zero attached hydrogens (tertiary/aromatic N) is 2. The predicted octanol–water partition coefficient (Wildman–Crippen LogP) is 3.62. The van der Waals surface area contributed by atoms with Crippen molar-refractivity contribution in [1.29, 1.82) is 0 Å². The molecule has 1 atom stereocenters. The van der Waals surface area contributed by atoms with Gasteiger partial charge in [-0.3, -0.25) is 9.59 Å². The van der Waals surface area contributed by atoms with E-state index in [2.05, 4.69) is 13.8 Å². The third-order valence-electron chi connectivity index (χ3n) is 5.85. The minimum absolute atomic E-state index is 0.121. The molecule has 0 aromatic heterocycles. The number of benzene rings is 1. The molecule has 0 aliphatic carbocycles. The Balaban J connectivity index is 1.73. The van der Waals surface area contributed by atoms with E-state index in [4.69, 9.17) is 21.1 Å². The molecule has 3 rings (SSSR count). The smallest absolute Gasteiger partial charge is 0.223 e. The quantitative estimate of drug-likeness (QED) is 0.655. The van der Waals surface area contributed by atoms with Crippen LogP contribution in [0.2, 0.25) is 5.02 Å². The number of morpholine rings is 1. The number of hydrogen-bond acceptors (Lipinski definition) is 4. The van der Waals surface area contributed by atoms with Gasteiger partial charge in [-0.25, -0.2) is 0 Å². The lowest BCUT2D eigenvalue weighted by Crippen LogP contribution is -2.52. The summed E-state index contributed by atoms with van der Waals surface area (Å²) >= 11 is 5.98. The van der Waals surface area contributed by atoms with Gasteiger partial charge in [0.2, 0.25) is 11.8 Å². The molecule has 2 heterocycles. The number of amides is 2. The van der Waals surface area contributed by atoms with Crippen molar-refractivity contribution in [2.45, 2.75) is 39.5 Å². The van der Waals surface area contributed by atoms with E-state index in [0.29, 0.717) is 63.2 Å². The zero-order valence-corrected chi connectivity index (χ0v) is 18.8. The van der Waals surface area contributed by atoms with Gasteiger partial charge < -0.3 is 19.3 Å². The summed E-state index contributed by atoms with van der Waals surface area (Å²) in [6.07, 6.45) is 2.66. The normalized spacial score (nSPS) is 22.3. The van der Waals surface area contributed by atoms with Crippen LogP contribution in [0, 0.1) is 11.3 Å². The molecule has 0 unspecified atom stereocenters. The number of halogens is 1. The molecule has 0 bridgehead atoms. The van der Waals surface area contributed by atoms with Gasteiger partial charge in [-0.15, -0.1) is 0 Å². The fraction of sp³-hybridized carbons (Fsp3) is 0.652. The Morgan fingerprint density at radius 3 is 2.47 bits per heavy atom. The third-order valence-corrected chi connectivity index (χ3v) is 6.10. The molecule has 7 heteroatoms. The van der Waals surface area contributed by atoms with E-state index in [9.17, 15) is 9.59 Å². The summed E-state index contributed by atoms with van der Waals surface area (Å²) < 4.78 is 11.5. The average molecular weight is 437 g/mol. The van der Waals surface area contributed by atoms with Crippen molar-refractivity contribution in [2.24, 2.45) is 11.3 Å². The van der Waals surface area contributed by atoms with Crippen LogP contribution in [0.1, 0.15) is 39.5 Å². The number of ether oxygens (including phenoxy) is 2. The second kappa shape index (κ2) is 10.5. The summed E-state index contributed by atoms with van der Waals surface area (Å²) in [7, 11) is 0. The first-order valence-electron chi connectivity index (χ1n) is 10.9. The van der Waals surface area contributed by atoms with Crippen LogP contribution in [0.15, 0.2) is 24.3 Å². The minimum Gasteiger partial charge on any atom is -0.493 e. The molecule has 166 valence electrons. The van der Waals surface area contributed by atoms with E-state index in [1.807, 2.05) is 21.9 Å². The van der Waals surface area contributed by atoms with Gasteiger partial charge in [-0.05, 0) is 43.0 Å². The average Bonchev–Trinajstić information content (AvgIpc) is 2.74. The lowest BCUT2D eigenvalue weighted by Gasteiger charge is -2.43. The zero-order chi connectivity index (χ0) is 21.6. The molecule has 30 heavy (non-hydrogen) atoms. The van der Waals surface area contributed by atoms with Crippen molar-refractivity contribution in [2.75, 3.05) is 46.0 Å². The minimum atomic E-state index is -0.389. The fourth-order valence-electron chi connectivity index (χ4n) is 4.22. The van der Waals surface area contributed by atoms with E-state index >= 15 is 0 Å². The lowest BCUT2D eigenvalue weighted by atomic mass is 9.77. The van der Waals surface area contributed by atoms with E-state index in [1.54, 1.807) is 12.1 Å². The molecule has 1 aromatic carbocycles. The first-order valence-corrected chi connectivity index (χ1v) is 11.3. The Morgan fingerprint density at radius 2 is 1.80 bits per heavy atom. The second-order valence-electron chi connectivity index (χ2n) is 8.93. The Hall–Kier alpha value is -1.79. The van der Waals surface area contributed by atoms with Crippen LogP contribution in [0.5, 0.6) is 5.75 Å². The molecule has 2 fully saturated rings. The van der Waals surface area contributed by atoms with Crippen molar-refractivity contribution < 1.29 is 19.1 Å². The van der Waals surface area contributed by atoms with Crippen molar-refractivity contribution in [3.05, 3.63) is 29.3 Å². The van der Waals surface area contributed by atoms with Gasteiger partial charge in [0.25, 0.3) is 0 Å². The monoisotopic (exact) mass is 436 g/mol. The summed E-state index contributed by atoms with van der Waals surface area (Å²) in [5, 5.41) is 0.655. The third kappa shape index (κ3) is 6.35. The lowest BCUT2D eigenvalue weighted by molar-refractivity contribution is -0.144. The van der Waals surface area contributed by atoms with Gasteiger partial charge in [-0.1, -0.05) is 25.4 Å². The number of hydrogen-bond donors (Lipinski definition) is 0. The Labute approximate surface area is 184 Å². The number of rotatable bonds is 7. The van der Waals surface area contributed by atoms with E-state index in [0.717, 1.165) is 25.1 Å². The summed E-state index contributed by atoms with van der Waals surface area (Å²) in [5.41, 5.74) is -0.389. The van der Waals surface area contributed by atoms with E-state index in [-0.39, 0.29) is 17.2 Å². The number of carbonyl (C=O) groups is 2. The number of carbonyl (C=O) groups excluding carboxylic acids is 2. The maximum atomic E-state index is 13.1. The van der Waals surface area contributed by atoms with Gasteiger partial charge in [0.1, 0.15) is 5.75 Å². The molecule has 0 saturated carbocycles. The molecule has 2 aliphatic heterocycles. The van der Waals surface area contributed by atoms with Gasteiger partial charge >= 0.3 is 0 Å². The SMILES string of the molecule is CC(C)CC(=O)N1CCC[C@](COc2ccc(Cl)cc2)(CC(=O)N2CCOCC2)C1. The Bertz CT molecular complexity index is 718. The highest BCUT2D eigenvalue weighted by Gasteiger charge is 2.41. The van der Waals surface area contributed by atoms with Crippen molar-refractivity contribution in [3.63, 3.8) is 0 Å². The van der Waals surface area contributed by atoms with Crippen molar-refractivity contribution in [1.82, 2.24) is 9.80 Å². The number of likely N-dealkylation sites (tertiary alicyclic amines) is 1. The number of piperidine rings is 1. The topological polar surface area (TPSA) is 59.1 Å². The summed E-state index contributed by atoms with van der Waals surface area (Å²) in [6.45, 7) is 8.24. The van der Waals surface area contributed by atoms with Crippen LogP contribution >= 0.6 is 11.6 Å². The summed E-state index contributed by atoms with van der Waals surface area (Å²) in [5.74, 6) is 1.33. The van der Waals surface area contributed by atoms with Crippen LogP contribution in [-0.2, 0) is 14.3 Å². The highest BCUT2D eigenvalue weighted by molar-refractivity contribution is 6.30. The molecular weight excluding hydrogens is 404 g/mol. The van der Waals surface area contributed by atoms with Gasteiger partial charge in [0.05, 0.1) is 19.8 Å². The Kier molecular flexibility index (Phi) is 8.00. The summed E-state index contributed by atoms with van der Waals surface area (Å²) in [6, 6.07) is 7.26. The first kappa shape index (κ1) is 22.9. The molecule has 0 N–H and O–H groups in total. The van der Waals surface area contributed by atoms with Crippen LogP contribution in [0.4, 0.5) is 0 Å². The maximum Gasteiger partial charge on any atom is 0.223 e. The van der Waals surface area contributed by atoms with Crippen molar-refractivity contribution >= 4 is 23.4 Å². The van der Waals surface area contributed by atoms with Crippen LogP contribution in [0.3, 0.4) is 0 Å². The van der Waals surface area contributed by atoms with Crippen LogP contribution in [-0.4, -0.2) is 67.6 Å². The van der Waals surface area contributed by atoms with Gasteiger partial charge in [0.15, 0.2) is 0 Å².